The Morgan fingerprint density at radius 2 is 1.86 bits per heavy atom. The average Bonchev–Trinajstić information content (AvgIpc) is 2.16. The number of hydrogen-bond donors (Lipinski definition) is 0. The Kier molecular flexibility index (Phi) is 2.52. The van der Waals surface area contributed by atoms with E-state index in [-0.39, 0.29) is 5.69 Å². The fourth-order valence-corrected chi connectivity index (χ4v) is 0.981. The highest BCUT2D eigenvalue weighted by Gasteiger charge is 2.27. The van der Waals surface area contributed by atoms with E-state index in [2.05, 4.69) is 11.7 Å². The van der Waals surface area contributed by atoms with Crippen molar-refractivity contribution >= 4 is 23.8 Å². The van der Waals surface area contributed by atoms with Gasteiger partial charge in [-0.05, 0) is 12.8 Å². The minimum Gasteiger partial charge on any atom is -0.258 e. The summed E-state index contributed by atoms with van der Waals surface area (Å²) in [5.74, 6) is 0. The molecule has 0 aliphatic carbocycles. The van der Waals surface area contributed by atoms with E-state index in [0.717, 1.165) is 6.07 Å². The van der Waals surface area contributed by atoms with Gasteiger partial charge in [0.15, 0.2) is 0 Å². The lowest BCUT2D eigenvalue weighted by molar-refractivity contribution is -0.421. The number of aliphatic imine (C=N–C) groups is 1. The molecule has 0 fully saturated rings. The zero-order chi connectivity index (χ0) is 10.7. The van der Waals surface area contributed by atoms with Crippen molar-refractivity contribution in [3.8, 4) is 0 Å². The highest BCUT2D eigenvalue weighted by Crippen LogP contribution is 2.35. The van der Waals surface area contributed by atoms with Gasteiger partial charge in [-0.2, -0.15) is 0 Å². The normalized spacial score (nSPS) is 9.43. The van der Waals surface area contributed by atoms with Crippen molar-refractivity contribution in [3.05, 3.63) is 38.4 Å². The second kappa shape index (κ2) is 3.60. The van der Waals surface area contributed by atoms with Crippen LogP contribution in [0.5, 0.6) is 0 Å². The molecule has 14 heavy (non-hydrogen) atoms. The highest BCUT2D eigenvalue weighted by atomic mass is 16.6. The van der Waals surface area contributed by atoms with Gasteiger partial charge in [-0.25, -0.2) is 0 Å². The Hall–Kier alpha value is -2.31. The molecule has 0 aliphatic rings. The Labute approximate surface area is 78.0 Å². The Morgan fingerprint density at radius 1 is 1.21 bits per heavy atom. The predicted molar refractivity (Wildman–Crippen MR) is 49.0 cm³/mol. The first-order valence-electron chi connectivity index (χ1n) is 3.46. The minimum absolute atomic E-state index is 0.107. The minimum atomic E-state index is -0.845. The number of rotatable bonds is 3. The van der Waals surface area contributed by atoms with Crippen molar-refractivity contribution in [2.24, 2.45) is 4.99 Å². The summed E-state index contributed by atoms with van der Waals surface area (Å²) in [7, 11) is 0. The van der Waals surface area contributed by atoms with E-state index in [4.69, 9.17) is 0 Å². The van der Waals surface area contributed by atoms with Gasteiger partial charge in [0.1, 0.15) is 5.69 Å². The third kappa shape index (κ3) is 1.56. The van der Waals surface area contributed by atoms with Crippen LogP contribution in [-0.4, -0.2) is 16.6 Å². The summed E-state index contributed by atoms with van der Waals surface area (Å²) in [6.45, 7) is 3.10. The largest absolute Gasteiger partial charge is 0.371 e. The van der Waals surface area contributed by atoms with Gasteiger partial charge < -0.3 is 0 Å². The molecule has 0 spiro atoms. The van der Waals surface area contributed by atoms with Crippen molar-refractivity contribution in [2.75, 3.05) is 0 Å². The molecule has 7 heteroatoms. The first-order valence-corrected chi connectivity index (χ1v) is 3.46. The lowest BCUT2D eigenvalue weighted by Crippen LogP contribution is -1.96. The van der Waals surface area contributed by atoms with E-state index in [1.807, 2.05) is 0 Å². The fourth-order valence-electron chi connectivity index (χ4n) is 0.981. The van der Waals surface area contributed by atoms with Gasteiger partial charge in [-0.15, -0.1) is 0 Å². The van der Waals surface area contributed by atoms with Crippen LogP contribution in [0.2, 0.25) is 0 Å². The summed E-state index contributed by atoms with van der Waals surface area (Å²) in [6, 6.07) is 3.65. The summed E-state index contributed by atoms with van der Waals surface area (Å²) in [5.41, 5.74) is -1.32. The lowest BCUT2D eigenvalue weighted by Gasteiger charge is -1.96. The predicted octanol–water partition coefficient (Wildman–Crippen LogP) is 1.84. The Bertz CT molecular complexity index is 415. The van der Waals surface area contributed by atoms with Crippen LogP contribution in [0.3, 0.4) is 0 Å². The van der Waals surface area contributed by atoms with Crippen LogP contribution in [-0.2, 0) is 0 Å². The van der Waals surface area contributed by atoms with Crippen LogP contribution < -0.4 is 0 Å². The number of nitro benzene ring substituents is 2. The third-order valence-corrected chi connectivity index (χ3v) is 1.54. The molecular formula is C7H5N3O4. The molecule has 0 amide bonds. The Balaban J connectivity index is 3.51. The molecule has 7 nitrogen and oxygen atoms in total. The molecule has 0 saturated heterocycles. The molecule has 0 bridgehead atoms. The number of benzene rings is 1. The maximum atomic E-state index is 10.5. The molecule has 1 aromatic rings. The summed E-state index contributed by atoms with van der Waals surface area (Å²) in [6.07, 6.45) is 0. The first kappa shape index (κ1) is 9.78. The fraction of sp³-hybridized carbons (Fsp3) is 0. The molecule has 0 radical (unpaired) electrons. The maximum absolute atomic E-state index is 10.5. The smallest absolute Gasteiger partial charge is 0.258 e. The molecule has 0 aliphatic heterocycles. The molecule has 0 aromatic heterocycles. The van der Waals surface area contributed by atoms with Crippen LogP contribution >= 0.6 is 0 Å². The van der Waals surface area contributed by atoms with E-state index in [1.165, 1.54) is 12.1 Å². The molecule has 0 saturated carbocycles. The van der Waals surface area contributed by atoms with E-state index in [0.29, 0.717) is 0 Å². The van der Waals surface area contributed by atoms with Crippen molar-refractivity contribution in [2.45, 2.75) is 0 Å². The number of hydrogen-bond acceptors (Lipinski definition) is 5. The summed E-state index contributed by atoms with van der Waals surface area (Å²) < 4.78 is 0. The summed E-state index contributed by atoms with van der Waals surface area (Å²) in [5, 5.41) is 21.0. The molecule has 0 N–H and O–H groups in total. The van der Waals surface area contributed by atoms with Crippen molar-refractivity contribution in [1.29, 1.82) is 0 Å². The second-order valence-electron chi connectivity index (χ2n) is 2.32. The van der Waals surface area contributed by atoms with Gasteiger partial charge in [0.2, 0.25) is 0 Å². The number of para-hydroxylation sites is 1. The van der Waals surface area contributed by atoms with E-state index in [1.54, 1.807) is 0 Å². The zero-order valence-electron chi connectivity index (χ0n) is 6.91. The summed E-state index contributed by atoms with van der Waals surface area (Å²) in [4.78, 5) is 22.6. The third-order valence-electron chi connectivity index (χ3n) is 1.54. The quantitative estimate of drug-likeness (QED) is 0.417. The van der Waals surface area contributed by atoms with Gasteiger partial charge in [-0.1, -0.05) is 6.07 Å². The molecule has 1 rings (SSSR count). The number of nitro groups is 2. The van der Waals surface area contributed by atoms with E-state index < -0.39 is 21.2 Å². The van der Waals surface area contributed by atoms with Crippen LogP contribution in [0.15, 0.2) is 23.2 Å². The topological polar surface area (TPSA) is 98.6 Å². The second-order valence-corrected chi connectivity index (χ2v) is 2.32. The van der Waals surface area contributed by atoms with Crippen LogP contribution in [0.1, 0.15) is 0 Å². The maximum Gasteiger partial charge on any atom is 0.371 e. The van der Waals surface area contributed by atoms with Crippen LogP contribution in [0, 0.1) is 20.2 Å². The lowest BCUT2D eigenvalue weighted by atomic mass is 10.2. The molecule has 0 atom stereocenters. The SMILES string of the molecule is C=Nc1cccc([N+](=O)[O-])c1[N+](=O)[O-]. The standard InChI is InChI=1S/C7H5N3O4/c1-8-5-3-2-4-6(9(11)12)7(5)10(13)14/h2-4H,1H2. The first-order chi connectivity index (χ1) is 6.57. The van der Waals surface area contributed by atoms with Gasteiger partial charge in [0.25, 0.3) is 0 Å². The Morgan fingerprint density at radius 3 is 2.29 bits per heavy atom. The van der Waals surface area contributed by atoms with Gasteiger partial charge in [0.05, 0.1) is 9.85 Å². The van der Waals surface area contributed by atoms with E-state index in [9.17, 15) is 20.2 Å². The van der Waals surface area contributed by atoms with Gasteiger partial charge in [-0.3, -0.25) is 25.2 Å². The van der Waals surface area contributed by atoms with Crippen molar-refractivity contribution in [3.63, 3.8) is 0 Å². The van der Waals surface area contributed by atoms with Crippen LogP contribution in [0.4, 0.5) is 17.1 Å². The zero-order valence-corrected chi connectivity index (χ0v) is 6.91. The summed E-state index contributed by atoms with van der Waals surface area (Å²) >= 11 is 0. The van der Waals surface area contributed by atoms with Crippen molar-refractivity contribution in [1.82, 2.24) is 0 Å². The monoisotopic (exact) mass is 195 g/mol. The van der Waals surface area contributed by atoms with Gasteiger partial charge >= 0.3 is 11.4 Å². The molecular weight excluding hydrogens is 190 g/mol. The van der Waals surface area contributed by atoms with Gasteiger partial charge in [0, 0.05) is 6.07 Å². The molecule has 72 valence electrons. The van der Waals surface area contributed by atoms with E-state index >= 15 is 0 Å². The molecule has 0 unspecified atom stereocenters. The van der Waals surface area contributed by atoms with Crippen LogP contribution in [0.25, 0.3) is 0 Å². The molecule has 1 aromatic carbocycles. The van der Waals surface area contributed by atoms with Crippen molar-refractivity contribution < 1.29 is 9.85 Å². The average molecular weight is 195 g/mol. The molecule has 0 heterocycles. The highest BCUT2D eigenvalue weighted by molar-refractivity contribution is 5.70. The number of nitrogens with zero attached hydrogens (tertiary/aromatic N) is 3.